The average molecular weight is 264 g/mol. The zero-order valence-electron chi connectivity index (χ0n) is 12.7. The van der Waals surface area contributed by atoms with Crippen LogP contribution in [0.15, 0.2) is 24.3 Å². The highest BCUT2D eigenvalue weighted by Gasteiger charge is 2.06. The molecule has 0 amide bonds. The highest BCUT2D eigenvalue weighted by Crippen LogP contribution is 2.15. The lowest BCUT2D eigenvalue weighted by Gasteiger charge is -2.21. The van der Waals surface area contributed by atoms with E-state index in [1.54, 1.807) is 0 Å². The number of aliphatic hydroxyl groups is 1. The first-order chi connectivity index (χ1) is 9.06. The molecular weight excluding hydrogens is 236 g/mol. The average Bonchev–Trinajstić information content (AvgIpc) is 2.38. The lowest BCUT2D eigenvalue weighted by atomic mass is 10.1. The number of nitrogens with one attached hydrogen (secondary N) is 1. The van der Waals surface area contributed by atoms with Crippen molar-refractivity contribution in [1.82, 2.24) is 5.32 Å². The second kappa shape index (κ2) is 8.18. The number of benzene rings is 1. The summed E-state index contributed by atoms with van der Waals surface area (Å²) in [5.74, 6) is 0. The standard InChI is InChI=1S/C16H28N2O/c1-5-18(6-2)16-9-7-15(8-10-16)12-17-13(3)11-14(4)19/h7-10,13-14,17,19H,5-6,11-12H2,1-4H3. The van der Waals surface area contributed by atoms with Crippen LogP contribution in [0.5, 0.6) is 0 Å². The van der Waals surface area contributed by atoms with Crippen LogP contribution < -0.4 is 10.2 Å². The van der Waals surface area contributed by atoms with E-state index in [2.05, 4.69) is 55.3 Å². The Hall–Kier alpha value is -1.06. The Bertz CT molecular complexity index is 344. The molecule has 0 saturated carbocycles. The summed E-state index contributed by atoms with van der Waals surface area (Å²) in [6.07, 6.45) is 0.546. The molecule has 2 N–H and O–H groups in total. The number of aliphatic hydroxyl groups excluding tert-OH is 1. The van der Waals surface area contributed by atoms with Crippen molar-refractivity contribution in [3.8, 4) is 0 Å². The number of anilines is 1. The van der Waals surface area contributed by atoms with Gasteiger partial charge in [0.1, 0.15) is 0 Å². The summed E-state index contributed by atoms with van der Waals surface area (Å²) in [6.45, 7) is 11.2. The Balaban J connectivity index is 2.48. The number of hydrogen-bond donors (Lipinski definition) is 2. The van der Waals surface area contributed by atoms with Gasteiger partial charge < -0.3 is 15.3 Å². The molecule has 0 aliphatic rings. The summed E-state index contributed by atoms with van der Waals surface area (Å²) in [5.41, 5.74) is 2.57. The molecule has 3 nitrogen and oxygen atoms in total. The van der Waals surface area contributed by atoms with Crippen LogP contribution in [0, 0.1) is 0 Å². The Morgan fingerprint density at radius 2 is 1.68 bits per heavy atom. The summed E-state index contributed by atoms with van der Waals surface area (Å²) in [4.78, 5) is 2.34. The molecule has 108 valence electrons. The van der Waals surface area contributed by atoms with E-state index in [0.29, 0.717) is 6.04 Å². The molecule has 0 saturated heterocycles. The third-order valence-electron chi connectivity index (χ3n) is 3.41. The fourth-order valence-electron chi connectivity index (χ4n) is 2.30. The highest BCUT2D eigenvalue weighted by molar-refractivity contribution is 5.47. The fraction of sp³-hybridized carbons (Fsp3) is 0.625. The Kier molecular flexibility index (Phi) is 6.89. The fourth-order valence-corrected chi connectivity index (χ4v) is 2.30. The van der Waals surface area contributed by atoms with Crippen molar-refractivity contribution < 1.29 is 5.11 Å². The molecule has 3 heteroatoms. The first-order valence-electron chi connectivity index (χ1n) is 7.32. The van der Waals surface area contributed by atoms with Crippen LogP contribution in [-0.2, 0) is 6.54 Å². The van der Waals surface area contributed by atoms with Gasteiger partial charge >= 0.3 is 0 Å². The number of rotatable bonds is 8. The topological polar surface area (TPSA) is 35.5 Å². The molecule has 19 heavy (non-hydrogen) atoms. The van der Waals surface area contributed by atoms with Gasteiger partial charge in [-0.15, -0.1) is 0 Å². The first-order valence-corrected chi connectivity index (χ1v) is 7.32. The maximum Gasteiger partial charge on any atom is 0.0526 e. The van der Waals surface area contributed by atoms with Crippen molar-refractivity contribution in [3.05, 3.63) is 29.8 Å². The van der Waals surface area contributed by atoms with E-state index in [9.17, 15) is 5.11 Å². The molecule has 0 radical (unpaired) electrons. The van der Waals surface area contributed by atoms with Gasteiger partial charge in [0.15, 0.2) is 0 Å². The quantitative estimate of drug-likeness (QED) is 0.758. The first kappa shape index (κ1) is 16.0. The Labute approximate surface area is 117 Å². The van der Waals surface area contributed by atoms with Crippen molar-refractivity contribution >= 4 is 5.69 Å². The van der Waals surface area contributed by atoms with Crippen LogP contribution in [0.2, 0.25) is 0 Å². The van der Waals surface area contributed by atoms with Gasteiger partial charge in [0.05, 0.1) is 6.10 Å². The molecule has 0 aliphatic carbocycles. The third-order valence-corrected chi connectivity index (χ3v) is 3.41. The molecule has 1 aromatic rings. The zero-order chi connectivity index (χ0) is 14.3. The maximum atomic E-state index is 9.33. The molecule has 2 unspecified atom stereocenters. The molecule has 0 aromatic heterocycles. The molecule has 1 rings (SSSR count). The number of nitrogens with zero attached hydrogens (tertiary/aromatic N) is 1. The summed E-state index contributed by atoms with van der Waals surface area (Å²) in [5, 5.41) is 12.8. The van der Waals surface area contributed by atoms with Crippen molar-refractivity contribution in [2.45, 2.75) is 52.8 Å². The van der Waals surface area contributed by atoms with Gasteiger partial charge in [-0.3, -0.25) is 0 Å². The predicted molar refractivity (Wildman–Crippen MR) is 82.6 cm³/mol. The van der Waals surface area contributed by atoms with E-state index in [4.69, 9.17) is 0 Å². The second-order valence-electron chi connectivity index (χ2n) is 5.21. The summed E-state index contributed by atoms with van der Waals surface area (Å²) in [7, 11) is 0. The van der Waals surface area contributed by atoms with Gasteiger partial charge in [0.25, 0.3) is 0 Å². The summed E-state index contributed by atoms with van der Waals surface area (Å²) >= 11 is 0. The maximum absolute atomic E-state index is 9.33. The minimum atomic E-state index is -0.243. The monoisotopic (exact) mass is 264 g/mol. The van der Waals surface area contributed by atoms with Gasteiger partial charge in [0.2, 0.25) is 0 Å². The van der Waals surface area contributed by atoms with E-state index in [1.807, 2.05) is 6.92 Å². The summed E-state index contributed by atoms with van der Waals surface area (Å²) < 4.78 is 0. The van der Waals surface area contributed by atoms with Gasteiger partial charge in [-0.1, -0.05) is 12.1 Å². The molecule has 0 heterocycles. The van der Waals surface area contributed by atoms with Gasteiger partial charge in [-0.05, 0) is 51.8 Å². The smallest absolute Gasteiger partial charge is 0.0526 e. The largest absolute Gasteiger partial charge is 0.393 e. The SMILES string of the molecule is CCN(CC)c1ccc(CNC(C)CC(C)O)cc1. The minimum Gasteiger partial charge on any atom is -0.393 e. The lowest BCUT2D eigenvalue weighted by Crippen LogP contribution is -2.28. The molecular formula is C16H28N2O. The lowest BCUT2D eigenvalue weighted by molar-refractivity contribution is 0.170. The zero-order valence-corrected chi connectivity index (χ0v) is 12.7. The van der Waals surface area contributed by atoms with Gasteiger partial charge in [0, 0.05) is 31.4 Å². The molecule has 0 aliphatic heterocycles. The molecule has 1 aromatic carbocycles. The third kappa shape index (κ3) is 5.62. The Morgan fingerprint density at radius 1 is 1.11 bits per heavy atom. The molecule has 0 fully saturated rings. The van der Waals surface area contributed by atoms with Crippen LogP contribution in [0.25, 0.3) is 0 Å². The van der Waals surface area contributed by atoms with Crippen molar-refractivity contribution in [3.63, 3.8) is 0 Å². The van der Waals surface area contributed by atoms with Gasteiger partial charge in [-0.2, -0.15) is 0 Å². The number of hydrogen-bond acceptors (Lipinski definition) is 3. The van der Waals surface area contributed by atoms with Crippen LogP contribution in [0.1, 0.15) is 39.7 Å². The van der Waals surface area contributed by atoms with E-state index in [1.165, 1.54) is 11.3 Å². The van der Waals surface area contributed by atoms with Crippen LogP contribution in [0.3, 0.4) is 0 Å². The van der Waals surface area contributed by atoms with Crippen LogP contribution in [0.4, 0.5) is 5.69 Å². The van der Waals surface area contributed by atoms with E-state index in [0.717, 1.165) is 26.1 Å². The van der Waals surface area contributed by atoms with Crippen molar-refractivity contribution in [2.75, 3.05) is 18.0 Å². The molecule has 0 bridgehead atoms. The van der Waals surface area contributed by atoms with Crippen molar-refractivity contribution in [1.29, 1.82) is 0 Å². The molecule has 0 spiro atoms. The van der Waals surface area contributed by atoms with E-state index in [-0.39, 0.29) is 6.10 Å². The van der Waals surface area contributed by atoms with Gasteiger partial charge in [-0.25, -0.2) is 0 Å². The molecule has 2 atom stereocenters. The summed E-state index contributed by atoms with van der Waals surface area (Å²) in [6, 6.07) is 9.06. The van der Waals surface area contributed by atoms with Crippen LogP contribution in [-0.4, -0.2) is 30.3 Å². The van der Waals surface area contributed by atoms with Crippen LogP contribution >= 0.6 is 0 Å². The second-order valence-corrected chi connectivity index (χ2v) is 5.21. The predicted octanol–water partition coefficient (Wildman–Crippen LogP) is 2.78. The van der Waals surface area contributed by atoms with E-state index >= 15 is 0 Å². The normalized spacial score (nSPS) is 14.2. The minimum absolute atomic E-state index is 0.243. The highest BCUT2D eigenvalue weighted by atomic mass is 16.3. The van der Waals surface area contributed by atoms with Crippen molar-refractivity contribution in [2.24, 2.45) is 0 Å². The van der Waals surface area contributed by atoms with E-state index < -0.39 is 0 Å². The Morgan fingerprint density at radius 3 is 2.16 bits per heavy atom.